The molecular formula is C13H16ClN5O. The average molecular weight is 294 g/mol. The number of hydrogen-bond acceptors (Lipinski definition) is 6. The Morgan fingerprint density at radius 1 is 1.35 bits per heavy atom. The van der Waals surface area contributed by atoms with Gasteiger partial charge >= 0.3 is 0 Å². The molecule has 0 aliphatic carbocycles. The van der Waals surface area contributed by atoms with Gasteiger partial charge in [-0.25, -0.2) is 15.0 Å². The molecule has 0 fully saturated rings. The fourth-order valence-corrected chi connectivity index (χ4v) is 2.06. The lowest BCUT2D eigenvalue weighted by Crippen LogP contribution is -2.24. The van der Waals surface area contributed by atoms with Gasteiger partial charge in [-0.2, -0.15) is 0 Å². The highest BCUT2D eigenvalue weighted by atomic mass is 35.5. The SMILES string of the molecule is CCNC(c1cc(OC)ncn1)c1cc(Cl)cnc1N. The van der Waals surface area contributed by atoms with Gasteiger partial charge in [0.25, 0.3) is 0 Å². The minimum atomic E-state index is -0.219. The van der Waals surface area contributed by atoms with E-state index in [0.717, 1.165) is 17.8 Å². The Bertz CT molecular complexity index is 593. The Morgan fingerprint density at radius 2 is 2.15 bits per heavy atom. The predicted molar refractivity (Wildman–Crippen MR) is 77.8 cm³/mol. The molecule has 0 radical (unpaired) electrons. The van der Waals surface area contributed by atoms with Crippen LogP contribution in [0.5, 0.6) is 5.88 Å². The first-order valence-corrected chi connectivity index (χ1v) is 6.53. The van der Waals surface area contributed by atoms with Crippen LogP contribution in [0.25, 0.3) is 0 Å². The van der Waals surface area contributed by atoms with Gasteiger partial charge < -0.3 is 15.8 Å². The normalized spacial score (nSPS) is 12.2. The Hall–Kier alpha value is -1.92. The lowest BCUT2D eigenvalue weighted by molar-refractivity contribution is 0.395. The molecule has 2 aromatic heterocycles. The maximum absolute atomic E-state index is 6.00. The summed E-state index contributed by atoms with van der Waals surface area (Å²) in [6.45, 7) is 2.74. The summed E-state index contributed by atoms with van der Waals surface area (Å²) in [6.07, 6.45) is 2.97. The number of nitrogen functional groups attached to an aromatic ring is 1. The first-order chi connectivity index (χ1) is 9.65. The van der Waals surface area contributed by atoms with E-state index >= 15 is 0 Å². The van der Waals surface area contributed by atoms with Crippen molar-refractivity contribution in [3.63, 3.8) is 0 Å². The van der Waals surface area contributed by atoms with Crippen molar-refractivity contribution in [3.05, 3.63) is 40.9 Å². The Kier molecular flexibility index (Phi) is 4.70. The third-order valence-corrected chi connectivity index (χ3v) is 3.01. The van der Waals surface area contributed by atoms with Crippen molar-refractivity contribution in [2.24, 2.45) is 0 Å². The average Bonchev–Trinajstić information content (AvgIpc) is 2.47. The summed E-state index contributed by atoms with van der Waals surface area (Å²) in [5.74, 6) is 0.907. The molecule has 3 N–H and O–H groups in total. The van der Waals surface area contributed by atoms with Crippen molar-refractivity contribution in [2.45, 2.75) is 13.0 Å². The number of halogens is 1. The number of hydrogen-bond donors (Lipinski definition) is 2. The van der Waals surface area contributed by atoms with Crippen molar-refractivity contribution < 1.29 is 4.74 Å². The molecule has 1 atom stereocenters. The first-order valence-electron chi connectivity index (χ1n) is 6.16. The number of methoxy groups -OCH3 is 1. The zero-order valence-corrected chi connectivity index (χ0v) is 12.1. The number of nitrogens with two attached hydrogens (primary N) is 1. The largest absolute Gasteiger partial charge is 0.481 e. The Balaban J connectivity index is 2.46. The van der Waals surface area contributed by atoms with E-state index in [2.05, 4.69) is 20.3 Å². The monoisotopic (exact) mass is 293 g/mol. The van der Waals surface area contributed by atoms with Crippen molar-refractivity contribution >= 4 is 17.4 Å². The summed E-state index contributed by atoms with van der Waals surface area (Å²) in [6, 6.07) is 3.32. The van der Waals surface area contributed by atoms with E-state index in [1.807, 2.05) is 6.92 Å². The number of ether oxygens (including phenoxy) is 1. The number of pyridine rings is 1. The second-order valence-electron chi connectivity index (χ2n) is 4.10. The maximum atomic E-state index is 6.00. The van der Waals surface area contributed by atoms with Gasteiger partial charge in [0.2, 0.25) is 5.88 Å². The molecule has 0 aliphatic heterocycles. The fraction of sp³-hybridized carbons (Fsp3) is 0.308. The molecule has 2 heterocycles. The second-order valence-corrected chi connectivity index (χ2v) is 4.54. The second kappa shape index (κ2) is 6.49. The van der Waals surface area contributed by atoms with E-state index in [1.165, 1.54) is 12.5 Å². The lowest BCUT2D eigenvalue weighted by Gasteiger charge is -2.19. The van der Waals surface area contributed by atoms with Crippen LogP contribution in [0, 0.1) is 0 Å². The Labute approximate surface area is 122 Å². The third-order valence-electron chi connectivity index (χ3n) is 2.80. The minimum Gasteiger partial charge on any atom is -0.481 e. The van der Waals surface area contributed by atoms with Gasteiger partial charge in [-0.05, 0) is 12.6 Å². The van der Waals surface area contributed by atoms with Crippen LogP contribution >= 0.6 is 11.6 Å². The van der Waals surface area contributed by atoms with Gasteiger partial charge in [-0.3, -0.25) is 0 Å². The molecule has 2 rings (SSSR count). The molecule has 7 heteroatoms. The molecule has 1 unspecified atom stereocenters. The van der Waals surface area contributed by atoms with Gasteiger partial charge in [0.15, 0.2) is 0 Å². The minimum absolute atomic E-state index is 0.219. The highest BCUT2D eigenvalue weighted by Gasteiger charge is 2.19. The molecular weight excluding hydrogens is 278 g/mol. The van der Waals surface area contributed by atoms with Gasteiger partial charge in [0.05, 0.1) is 23.9 Å². The van der Waals surface area contributed by atoms with Crippen LogP contribution in [0.2, 0.25) is 5.02 Å². The fourth-order valence-electron chi connectivity index (χ4n) is 1.90. The smallest absolute Gasteiger partial charge is 0.216 e. The van der Waals surface area contributed by atoms with E-state index in [9.17, 15) is 0 Å². The number of rotatable bonds is 5. The van der Waals surface area contributed by atoms with Crippen molar-refractivity contribution in [1.82, 2.24) is 20.3 Å². The van der Waals surface area contributed by atoms with Gasteiger partial charge in [-0.15, -0.1) is 0 Å². The number of nitrogens with zero attached hydrogens (tertiary/aromatic N) is 3. The van der Waals surface area contributed by atoms with Crippen LogP contribution < -0.4 is 15.8 Å². The summed E-state index contributed by atoms with van der Waals surface area (Å²) in [7, 11) is 1.56. The van der Waals surface area contributed by atoms with E-state index in [-0.39, 0.29) is 6.04 Å². The third kappa shape index (κ3) is 3.15. The van der Waals surface area contributed by atoms with Crippen LogP contribution in [0.3, 0.4) is 0 Å². The first kappa shape index (κ1) is 14.5. The van der Waals surface area contributed by atoms with Crippen LogP contribution in [-0.4, -0.2) is 28.6 Å². The summed E-state index contributed by atoms with van der Waals surface area (Å²) >= 11 is 6.00. The quantitative estimate of drug-likeness (QED) is 0.874. The zero-order valence-electron chi connectivity index (χ0n) is 11.3. The topological polar surface area (TPSA) is 86.0 Å². The van der Waals surface area contributed by atoms with E-state index in [1.54, 1.807) is 19.2 Å². The lowest BCUT2D eigenvalue weighted by atomic mass is 10.0. The van der Waals surface area contributed by atoms with E-state index in [0.29, 0.717) is 16.7 Å². The predicted octanol–water partition coefficient (Wildman–Crippen LogP) is 1.81. The molecule has 0 saturated carbocycles. The van der Waals surface area contributed by atoms with Crippen molar-refractivity contribution in [1.29, 1.82) is 0 Å². The molecule has 0 spiro atoms. The van der Waals surface area contributed by atoms with Crippen LogP contribution in [0.1, 0.15) is 24.2 Å². The highest BCUT2D eigenvalue weighted by molar-refractivity contribution is 6.30. The molecule has 0 saturated heterocycles. The van der Waals surface area contributed by atoms with E-state index in [4.69, 9.17) is 22.1 Å². The van der Waals surface area contributed by atoms with E-state index < -0.39 is 0 Å². The summed E-state index contributed by atoms with van der Waals surface area (Å²) < 4.78 is 5.12. The van der Waals surface area contributed by atoms with Crippen LogP contribution in [-0.2, 0) is 0 Å². The highest BCUT2D eigenvalue weighted by Crippen LogP contribution is 2.27. The number of aromatic nitrogens is 3. The van der Waals surface area contributed by atoms with Gasteiger partial charge in [0, 0.05) is 17.8 Å². The number of nitrogens with one attached hydrogen (secondary N) is 1. The molecule has 6 nitrogen and oxygen atoms in total. The number of anilines is 1. The maximum Gasteiger partial charge on any atom is 0.216 e. The van der Waals surface area contributed by atoms with Gasteiger partial charge in [0.1, 0.15) is 12.1 Å². The van der Waals surface area contributed by atoms with Crippen molar-refractivity contribution in [3.8, 4) is 5.88 Å². The van der Waals surface area contributed by atoms with Crippen LogP contribution in [0.4, 0.5) is 5.82 Å². The van der Waals surface area contributed by atoms with Gasteiger partial charge in [-0.1, -0.05) is 18.5 Å². The molecule has 2 aromatic rings. The van der Waals surface area contributed by atoms with Crippen LogP contribution in [0.15, 0.2) is 24.7 Å². The molecule has 20 heavy (non-hydrogen) atoms. The van der Waals surface area contributed by atoms with Crippen molar-refractivity contribution in [2.75, 3.05) is 19.4 Å². The molecule has 0 amide bonds. The summed E-state index contributed by atoms with van der Waals surface area (Å²) in [4.78, 5) is 12.4. The summed E-state index contributed by atoms with van der Waals surface area (Å²) in [5, 5.41) is 3.84. The molecule has 0 bridgehead atoms. The molecule has 106 valence electrons. The summed E-state index contributed by atoms with van der Waals surface area (Å²) in [5.41, 5.74) is 7.47. The standard InChI is InChI=1S/C13H16ClN5O/c1-3-16-12(9-4-8(14)6-17-13(9)15)10-5-11(20-2)19-7-18-10/h4-7,12,16H,3H2,1-2H3,(H2,15,17). The Morgan fingerprint density at radius 3 is 2.85 bits per heavy atom. The molecule has 0 aromatic carbocycles. The zero-order chi connectivity index (χ0) is 14.5. The molecule has 0 aliphatic rings.